The lowest BCUT2D eigenvalue weighted by Crippen LogP contribution is -2.45. The zero-order valence-electron chi connectivity index (χ0n) is 38.7. The quantitative estimate of drug-likeness (QED) is 0.0274. The van der Waals surface area contributed by atoms with E-state index in [0.29, 0.717) is 17.4 Å². The van der Waals surface area contributed by atoms with Crippen molar-refractivity contribution in [3.8, 4) is 0 Å². The standard InChI is InChI=1S/C50H91N2O6P/c1-6-8-10-12-14-16-17-18-19-20-21-22-23-24-25-26-27-28-29-30-31-32-33-34-35-36-38-40-42-44-50(54)51-48(47-58-59(55,56)57-46-45-52(3,4)5)49(53)43-41-39-37-15-13-11-9-7-2/h8,10,14,16,18-19,21-22,24-25,41,43,48-49,53H,6-7,9,11-13,15,17,20,23,26-40,42,44-47H2,1-5H3,(H-,51,54,55,56)/b10-8-,16-14-,19-18-,22-21-,25-24-,43-41+. The maximum atomic E-state index is 12.8. The van der Waals surface area contributed by atoms with Gasteiger partial charge in [0.15, 0.2) is 0 Å². The molecule has 0 aromatic rings. The van der Waals surface area contributed by atoms with E-state index in [1.54, 1.807) is 6.08 Å². The maximum Gasteiger partial charge on any atom is 0.268 e. The molecule has 0 fully saturated rings. The minimum absolute atomic E-state index is 0.00404. The highest BCUT2D eigenvalue weighted by Crippen LogP contribution is 2.38. The molecule has 0 saturated carbocycles. The second kappa shape index (κ2) is 41.3. The molecule has 0 saturated heterocycles. The molecule has 9 heteroatoms. The Morgan fingerprint density at radius 1 is 0.610 bits per heavy atom. The minimum Gasteiger partial charge on any atom is -0.756 e. The summed E-state index contributed by atoms with van der Waals surface area (Å²) in [5.41, 5.74) is 0. The smallest absolute Gasteiger partial charge is 0.268 e. The molecule has 0 spiro atoms. The lowest BCUT2D eigenvalue weighted by Gasteiger charge is -2.29. The molecule has 8 nitrogen and oxygen atoms in total. The number of aliphatic hydroxyl groups excluding tert-OH is 1. The number of nitrogens with zero attached hydrogens (tertiary/aromatic N) is 1. The fourth-order valence-electron chi connectivity index (χ4n) is 6.41. The van der Waals surface area contributed by atoms with Crippen LogP contribution in [0.15, 0.2) is 72.9 Å². The van der Waals surface area contributed by atoms with Crippen LogP contribution in [0.25, 0.3) is 0 Å². The number of quaternary nitrogens is 1. The Hall–Kier alpha value is -2.06. The Morgan fingerprint density at radius 2 is 1.03 bits per heavy atom. The van der Waals surface area contributed by atoms with E-state index in [2.05, 4.69) is 79.9 Å². The Bertz CT molecular complexity index is 1190. The molecule has 0 rings (SSSR count). The number of carbonyl (C=O) groups is 1. The molecule has 3 atom stereocenters. The average molecular weight is 847 g/mol. The molecule has 0 aliphatic rings. The van der Waals surface area contributed by atoms with E-state index < -0.39 is 20.0 Å². The second-order valence-electron chi connectivity index (χ2n) is 17.1. The molecule has 0 aliphatic heterocycles. The van der Waals surface area contributed by atoms with Crippen LogP contribution in [-0.2, 0) is 18.4 Å². The number of phosphoric ester groups is 1. The van der Waals surface area contributed by atoms with Gasteiger partial charge in [-0.1, -0.05) is 189 Å². The van der Waals surface area contributed by atoms with Crippen molar-refractivity contribution in [2.75, 3.05) is 40.9 Å². The van der Waals surface area contributed by atoms with Gasteiger partial charge in [-0.3, -0.25) is 9.36 Å². The molecular weight excluding hydrogens is 756 g/mol. The number of nitrogens with one attached hydrogen (secondary N) is 1. The number of unbranched alkanes of at least 4 members (excludes halogenated alkanes) is 19. The van der Waals surface area contributed by atoms with E-state index in [1.807, 2.05) is 27.2 Å². The second-order valence-corrected chi connectivity index (χ2v) is 18.5. The first-order chi connectivity index (χ1) is 28.5. The van der Waals surface area contributed by atoms with E-state index in [0.717, 1.165) is 70.6 Å². The van der Waals surface area contributed by atoms with Crippen molar-refractivity contribution in [1.82, 2.24) is 5.32 Å². The molecule has 0 heterocycles. The van der Waals surface area contributed by atoms with Crippen molar-refractivity contribution in [3.05, 3.63) is 72.9 Å². The van der Waals surface area contributed by atoms with Crippen LogP contribution >= 0.6 is 7.82 Å². The largest absolute Gasteiger partial charge is 0.756 e. The topological polar surface area (TPSA) is 108 Å². The molecular formula is C50H91N2O6P. The van der Waals surface area contributed by atoms with Crippen molar-refractivity contribution >= 4 is 13.7 Å². The molecule has 1 amide bonds. The highest BCUT2D eigenvalue weighted by molar-refractivity contribution is 7.45. The van der Waals surface area contributed by atoms with E-state index in [9.17, 15) is 19.4 Å². The zero-order valence-corrected chi connectivity index (χ0v) is 39.6. The molecule has 0 aromatic carbocycles. The number of phosphoric acid groups is 1. The van der Waals surface area contributed by atoms with Gasteiger partial charge in [0, 0.05) is 6.42 Å². The van der Waals surface area contributed by atoms with Crippen LogP contribution in [-0.4, -0.2) is 68.5 Å². The molecule has 0 aliphatic carbocycles. The molecule has 59 heavy (non-hydrogen) atoms. The number of likely N-dealkylation sites (N-methyl/N-ethyl adjacent to an activating group) is 1. The number of hydrogen-bond acceptors (Lipinski definition) is 6. The number of allylic oxidation sites excluding steroid dienone is 11. The summed E-state index contributed by atoms with van der Waals surface area (Å²) in [5.74, 6) is -0.206. The number of aliphatic hydroxyl groups is 1. The third-order valence-electron chi connectivity index (χ3n) is 10.2. The van der Waals surface area contributed by atoms with Gasteiger partial charge in [0.2, 0.25) is 5.91 Å². The SMILES string of the molecule is CC/C=C\C/C=C\C/C=C\C/C=C\C/C=C\CCCCCCCCCCCCCCCC(=O)NC(COP(=O)([O-])OCC[N+](C)(C)C)C(O)/C=C/CCCCCCCC. The lowest BCUT2D eigenvalue weighted by atomic mass is 10.0. The van der Waals surface area contributed by atoms with Crippen molar-refractivity contribution in [2.24, 2.45) is 0 Å². The summed E-state index contributed by atoms with van der Waals surface area (Å²) in [7, 11) is 1.25. The van der Waals surface area contributed by atoms with Crippen LogP contribution in [0.4, 0.5) is 0 Å². The maximum absolute atomic E-state index is 12.8. The molecule has 0 radical (unpaired) electrons. The fourth-order valence-corrected chi connectivity index (χ4v) is 7.14. The van der Waals surface area contributed by atoms with Gasteiger partial charge in [0.05, 0.1) is 39.9 Å². The summed E-state index contributed by atoms with van der Waals surface area (Å²) >= 11 is 0. The monoisotopic (exact) mass is 847 g/mol. The van der Waals surface area contributed by atoms with Crippen LogP contribution in [0.3, 0.4) is 0 Å². The predicted octanol–water partition coefficient (Wildman–Crippen LogP) is 12.9. The zero-order chi connectivity index (χ0) is 43.6. The fraction of sp³-hybridized carbons (Fsp3) is 0.740. The molecule has 0 aromatic heterocycles. The van der Waals surface area contributed by atoms with E-state index in [4.69, 9.17) is 9.05 Å². The Labute approximate surface area is 364 Å². The first-order valence-electron chi connectivity index (χ1n) is 23.8. The molecule has 3 unspecified atom stereocenters. The van der Waals surface area contributed by atoms with Gasteiger partial charge in [-0.05, 0) is 64.2 Å². The molecule has 342 valence electrons. The van der Waals surface area contributed by atoms with Crippen molar-refractivity contribution in [3.63, 3.8) is 0 Å². The van der Waals surface area contributed by atoms with Crippen molar-refractivity contribution < 1.29 is 32.9 Å². The summed E-state index contributed by atoms with van der Waals surface area (Å²) in [6, 6.07) is -0.887. The van der Waals surface area contributed by atoms with Gasteiger partial charge in [0.1, 0.15) is 13.2 Å². The number of rotatable bonds is 42. The first-order valence-corrected chi connectivity index (χ1v) is 25.3. The summed E-state index contributed by atoms with van der Waals surface area (Å²) in [6.07, 6.45) is 55.5. The molecule has 2 N–H and O–H groups in total. The third kappa shape index (κ3) is 43.8. The molecule has 0 bridgehead atoms. The van der Waals surface area contributed by atoms with Gasteiger partial charge in [-0.25, -0.2) is 0 Å². The Morgan fingerprint density at radius 3 is 1.51 bits per heavy atom. The predicted molar refractivity (Wildman–Crippen MR) is 251 cm³/mol. The van der Waals surface area contributed by atoms with Crippen LogP contribution in [0.1, 0.15) is 187 Å². The minimum atomic E-state index is -4.58. The average Bonchev–Trinajstić information content (AvgIpc) is 3.19. The highest BCUT2D eigenvalue weighted by atomic mass is 31.2. The third-order valence-corrected chi connectivity index (χ3v) is 11.1. The van der Waals surface area contributed by atoms with Crippen LogP contribution in [0, 0.1) is 0 Å². The van der Waals surface area contributed by atoms with Gasteiger partial charge in [-0.2, -0.15) is 0 Å². The van der Waals surface area contributed by atoms with E-state index >= 15 is 0 Å². The summed E-state index contributed by atoms with van der Waals surface area (Å²) in [6.45, 7) is 4.47. The number of carbonyl (C=O) groups excluding carboxylic acids is 1. The summed E-state index contributed by atoms with van der Waals surface area (Å²) in [5, 5.41) is 13.7. The summed E-state index contributed by atoms with van der Waals surface area (Å²) in [4.78, 5) is 25.2. The van der Waals surface area contributed by atoms with E-state index in [1.165, 1.54) is 96.3 Å². The van der Waals surface area contributed by atoms with Gasteiger partial charge < -0.3 is 28.8 Å². The van der Waals surface area contributed by atoms with Crippen LogP contribution < -0.4 is 10.2 Å². The van der Waals surface area contributed by atoms with Crippen molar-refractivity contribution in [1.29, 1.82) is 0 Å². The van der Waals surface area contributed by atoms with Crippen LogP contribution in [0.5, 0.6) is 0 Å². The summed E-state index contributed by atoms with van der Waals surface area (Å²) < 4.78 is 23.1. The van der Waals surface area contributed by atoms with Gasteiger partial charge in [0.25, 0.3) is 7.82 Å². The van der Waals surface area contributed by atoms with Gasteiger partial charge in [-0.15, -0.1) is 0 Å². The van der Waals surface area contributed by atoms with E-state index in [-0.39, 0.29) is 19.1 Å². The van der Waals surface area contributed by atoms with Crippen molar-refractivity contribution in [2.45, 2.75) is 199 Å². The Kier molecular flexibility index (Phi) is 39.9. The lowest BCUT2D eigenvalue weighted by molar-refractivity contribution is -0.870. The first kappa shape index (κ1) is 56.9. The Balaban J connectivity index is 4.08. The number of amides is 1. The number of hydrogen-bond donors (Lipinski definition) is 2. The van der Waals surface area contributed by atoms with Crippen LogP contribution in [0.2, 0.25) is 0 Å². The highest BCUT2D eigenvalue weighted by Gasteiger charge is 2.23. The normalized spacial score (nSPS) is 14.9. The van der Waals surface area contributed by atoms with Gasteiger partial charge >= 0.3 is 0 Å².